The Balaban J connectivity index is 2.11. The molecular formula is C12H15N5+2. The van der Waals surface area contributed by atoms with Gasteiger partial charge in [0.15, 0.2) is 0 Å². The first-order valence-corrected chi connectivity index (χ1v) is 5.63. The van der Waals surface area contributed by atoms with Gasteiger partial charge in [-0.25, -0.2) is 14.5 Å². The Morgan fingerprint density at radius 2 is 2.18 bits per heavy atom. The lowest BCUT2D eigenvalue weighted by Gasteiger charge is -2.13. The number of aryl methyl sites for hydroxylation is 3. The van der Waals surface area contributed by atoms with Crippen molar-refractivity contribution in [3.05, 3.63) is 35.7 Å². The number of rotatable bonds is 0. The maximum absolute atomic E-state index is 4.56. The first-order chi connectivity index (χ1) is 8.13. The van der Waals surface area contributed by atoms with Crippen LogP contribution in [-0.2, 0) is 13.6 Å². The van der Waals surface area contributed by atoms with E-state index >= 15 is 0 Å². The minimum absolute atomic E-state index is 0.812. The molecule has 5 nitrogen and oxygen atoms in total. The van der Waals surface area contributed by atoms with E-state index in [2.05, 4.69) is 26.0 Å². The highest BCUT2D eigenvalue weighted by atomic mass is 15.2. The van der Waals surface area contributed by atoms with Gasteiger partial charge in [-0.1, -0.05) is 0 Å². The summed E-state index contributed by atoms with van der Waals surface area (Å²) in [5, 5.41) is 3.35. The Labute approximate surface area is 99.8 Å². The van der Waals surface area contributed by atoms with E-state index in [1.807, 2.05) is 37.9 Å². The van der Waals surface area contributed by atoms with Crippen LogP contribution in [0.3, 0.4) is 0 Å². The SMILES string of the molecule is Cc1cc2[n+](cn1)Cc1c[n+](C)c(C)nc1N2. The fourth-order valence-corrected chi connectivity index (χ4v) is 2.00. The summed E-state index contributed by atoms with van der Waals surface area (Å²) in [6, 6.07) is 2.03. The van der Waals surface area contributed by atoms with Gasteiger partial charge in [-0.2, -0.15) is 0 Å². The van der Waals surface area contributed by atoms with Gasteiger partial charge in [-0.05, 0) is 11.9 Å². The van der Waals surface area contributed by atoms with Crippen LogP contribution in [-0.4, -0.2) is 9.97 Å². The molecule has 0 amide bonds. The maximum Gasteiger partial charge on any atom is 0.311 e. The van der Waals surface area contributed by atoms with Gasteiger partial charge in [0.25, 0.3) is 5.82 Å². The summed E-state index contributed by atoms with van der Waals surface area (Å²) in [7, 11) is 2.01. The summed E-state index contributed by atoms with van der Waals surface area (Å²) in [5.74, 6) is 2.99. The molecule has 17 heavy (non-hydrogen) atoms. The van der Waals surface area contributed by atoms with Crippen molar-refractivity contribution < 1.29 is 9.13 Å². The Hall–Kier alpha value is -2.04. The normalized spacial score (nSPS) is 12.6. The zero-order valence-corrected chi connectivity index (χ0v) is 10.2. The predicted molar refractivity (Wildman–Crippen MR) is 61.7 cm³/mol. The molecule has 3 heterocycles. The van der Waals surface area contributed by atoms with Crippen molar-refractivity contribution in [3.63, 3.8) is 0 Å². The van der Waals surface area contributed by atoms with E-state index in [1.54, 1.807) is 0 Å². The van der Waals surface area contributed by atoms with E-state index in [9.17, 15) is 0 Å². The van der Waals surface area contributed by atoms with Crippen molar-refractivity contribution in [2.45, 2.75) is 20.4 Å². The van der Waals surface area contributed by atoms with Gasteiger partial charge in [-0.15, -0.1) is 4.98 Å². The lowest BCUT2D eigenvalue weighted by atomic mass is 10.2. The second-order valence-corrected chi connectivity index (χ2v) is 4.44. The van der Waals surface area contributed by atoms with Crippen LogP contribution in [0.2, 0.25) is 0 Å². The molecule has 0 spiro atoms. The highest BCUT2D eigenvalue weighted by Gasteiger charge is 2.26. The highest BCUT2D eigenvalue weighted by molar-refractivity contribution is 5.54. The fraction of sp³-hybridized carbons (Fsp3) is 0.333. The first-order valence-electron chi connectivity index (χ1n) is 5.63. The molecule has 0 bridgehead atoms. The molecule has 0 radical (unpaired) electrons. The second kappa shape index (κ2) is 3.48. The monoisotopic (exact) mass is 229 g/mol. The van der Waals surface area contributed by atoms with Crippen LogP contribution in [0.25, 0.3) is 0 Å². The Bertz CT molecular complexity index is 606. The van der Waals surface area contributed by atoms with E-state index in [0.29, 0.717) is 0 Å². The topological polar surface area (TPSA) is 45.6 Å². The molecule has 2 aromatic rings. The van der Waals surface area contributed by atoms with E-state index in [0.717, 1.165) is 29.7 Å². The second-order valence-electron chi connectivity index (χ2n) is 4.44. The molecule has 0 aromatic carbocycles. The molecule has 1 aliphatic heterocycles. The van der Waals surface area contributed by atoms with Crippen LogP contribution >= 0.6 is 0 Å². The van der Waals surface area contributed by atoms with Crippen LogP contribution in [0.5, 0.6) is 0 Å². The molecule has 1 N–H and O–H groups in total. The van der Waals surface area contributed by atoms with Gasteiger partial charge < -0.3 is 0 Å². The average molecular weight is 229 g/mol. The third-order valence-corrected chi connectivity index (χ3v) is 3.08. The van der Waals surface area contributed by atoms with Gasteiger partial charge in [0.1, 0.15) is 24.0 Å². The molecule has 0 saturated carbocycles. The summed E-state index contributed by atoms with van der Waals surface area (Å²) in [5.41, 5.74) is 2.19. The quantitative estimate of drug-likeness (QED) is 0.564. The fourth-order valence-electron chi connectivity index (χ4n) is 2.00. The third-order valence-electron chi connectivity index (χ3n) is 3.08. The number of anilines is 2. The molecule has 0 fully saturated rings. The van der Waals surface area contributed by atoms with Crippen molar-refractivity contribution in [1.82, 2.24) is 9.97 Å². The van der Waals surface area contributed by atoms with Gasteiger partial charge in [-0.3, -0.25) is 0 Å². The number of hydrogen-bond acceptors (Lipinski definition) is 3. The molecule has 0 unspecified atom stereocenters. The van der Waals surface area contributed by atoms with Crippen molar-refractivity contribution in [3.8, 4) is 0 Å². The molecule has 3 rings (SSSR count). The number of nitrogens with zero attached hydrogens (tertiary/aromatic N) is 4. The van der Waals surface area contributed by atoms with E-state index in [4.69, 9.17) is 0 Å². The van der Waals surface area contributed by atoms with Gasteiger partial charge in [0.05, 0.1) is 7.05 Å². The standard InChI is InChI=1S/C12H14N5/c1-8-4-11-15-12-10(6-17(11)7-13-8)5-16(3)9(2)14-12/h4-5,7H,6H2,1-3H3/q+1/p+1. The summed E-state index contributed by atoms with van der Waals surface area (Å²) < 4.78 is 4.13. The molecule has 0 saturated heterocycles. The Morgan fingerprint density at radius 1 is 1.35 bits per heavy atom. The Morgan fingerprint density at radius 3 is 3.00 bits per heavy atom. The van der Waals surface area contributed by atoms with Crippen LogP contribution in [0.4, 0.5) is 11.6 Å². The van der Waals surface area contributed by atoms with E-state index < -0.39 is 0 Å². The summed E-state index contributed by atoms with van der Waals surface area (Å²) in [6.45, 7) is 4.80. The largest absolute Gasteiger partial charge is 0.311 e. The van der Waals surface area contributed by atoms with Crippen molar-refractivity contribution in [2.75, 3.05) is 5.32 Å². The minimum atomic E-state index is 0.812. The lowest BCUT2D eigenvalue weighted by molar-refractivity contribution is -0.693. The van der Waals surface area contributed by atoms with Gasteiger partial charge in [0, 0.05) is 13.0 Å². The molecule has 5 heteroatoms. The van der Waals surface area contributed by atoms with Crippen LogP contribution in [0, 0.1) is 13.8 Å². The molecule has 86 valence electrons. The highest BCUT2D eigenvalue weighted by Crippen LogP contribution is 2.20. The zero-order chi connectivity index (χ0) is 12.0. The average Bonchev–Trinajstić information content (AvgIpc) is 2.28. The minimum Gasteiger partial charge on any atom is -0.237 e. The molecular weight excluding hydrogens is 214 g/mol. The first kappa shape index (κ1) is 10.1. The van der Waals surface area contributed by atoms with Gasteiger partial charge in [0.2, 0.25) is 12.1 Å². The van der Waals surface area contributed by atoms with Crippen LogP contribution in [0.1, 0.15) is 17.1 Å². The molecule has 2 aromatic heterocycles. The number of aromatic nitrogens is 4. The zero-order valence-electron chi connectivity index (χ0n) is 10.2. The van der Waals surface area contributed by atoms with Crippen LogP contribution < -0.4 is 14.5 Å². The van der Waals surface area contributed by atoms with Crippen molar-refractivity contribution in [1.29, 1.82) is 0 Å². The number of fused-ring (bicyclic) bond motifs is 2. The smallest absolute Gasteiger partial charge is 0.237 e. The third kappa shape index (κ3) is 1.63. The number of hydrogen-bond donors (Lipinski definition) is 1. The van der Waals surface area contributed by atoms with Crippen molar-refractivity contribution in [2.24, 2.45) is 7.05 Å². The summed E-state index contributed by atoms with van der Waals surface area (Å²) in [6.07, 6.45) is 3.97. The maximum atomic E-state index is 4.56. The van der Waals surface area contributed by atoms with Crippen LogP contribution in [0.15, 0.2) is 18.6 Å². The molecule has 0 atom stereocenters. The van der Waals surface area contributed by atoms with Crippen molar-refractivity contribution >= 4 is 11.6 Å². The summed E-state index contributed by atoms with van der Waals surface area (Å²) in [4.78, 5) is 8.86. The van der Waals surface area contributed by atoms with Gasteiger partial charge >= 0.3 is 5.82 Å². The molecule has 1 aliphatic rings. The Kier molecular flexibility index (Phi) is 2.07. The lowest BCUT2D eigenvalue weighted by Crippen LogP contribution is -2.44. The van der Waals surface area contributed by atoms with E-state index in [-0.39, 0.29) is 0 Å². The summed E-state index contributed by atoms with van der Waals surface area (Å²) >= 11 is 0. The predicted octanol–water partition coefficient (Wildman–Crippen LogP) is 0.311. The number of nitrogens with one attached hydrogen (secondary N) is 1. The molecule has 0 aliphatic carbocycles. The van der Waals surface area contributed by atoms with E-state index in [1.165, 1.54) is 5.56 Å².